The van der Waals surface area contributed by atoms with Crippen LogP contribution >= 0.6 is 0 Å². The van der Waals surface area contributed by atoms with Gasteiger partial charge in [-0.3, -0.25) is 4.79 Å². The first kappa shape index (κ1) is 19.0. The highest BCUT2D eigenvalue weighted by atomic mass is 32.2. The molecule has 0 aliphatic heterocycles. The van der Waals surface area contributed by atoms with Crippen LogP contribution in [0.25, 0.3) is 0 Å². The molecule has 2 rings (SSSR count). The molecule has 0 aliphatic carbocycles. The topological polar surface area (TPSA) is 95.5 Å². The quantitative estimate of drug-likeness (QED) is 0.700. The van der Waals surface area contributed by atoms with Gasteiger partial charge in [-0.25, -0.2) is 17.5 Å². The second-order valence-corrected chi connectivity index (χ2v) is 7.23. The highest BCUT2D eigenvalue weighted by molar-refractivity contribution is 7.89. The summed E-state index contributed by atoms with van der Waals surface area (Å²) in [5.41, 5.74) is 1.01. The number of benzene rings is 2. The third-order valence-corrected chi connectivity index (χ3v) is 4.93. The monoisotopic (exact) mass is 366 g/mol. The normalized spacial score (nSPS) is 12.6. The van der Waals surface area contributed by atoms with Crippen LogP contribution in [0.2, 0.25) is 0 Å². The highest BCUT2D eigenvalue weighted by Crippen LogP contribution is 2.17. The van der Waals surface area contributed by atoms with Crippen LogP contribution in [0, 0.1) is 5.82 Å². The molecule has 0 radical (unpaired) electrons. The molecule has 1 unspecified atom stereocenters. The molecule has 6 nitrogen and oxygen atoms in total. The highest BCUT2D eigenvalue weighted by Gasteiger charge is 2.15. The van der Waals surface area contributed by atoms with E-state index in [1.165, 1.54) is 55.5 Å². The number of aliphatic hydroxyl groups is 1. The zero-order valence-electron chi connectivity index (χ0n) is 13.6. The van der Waals surface area contributed by atoms with E-state index in [4.69, 9.17) is 0 Å². The Hall–Kier alpha value is -2.29. The summed E-state index contributed by atoms with van der Waals surface area (Å²) in [6, 6.07) is 11.1. The van der Waals surface area contributed by atoms with Gasteiger partial charge in [0.25, 0.3) is 0 Å². The van der Waals surface area contributed by atoms with E-state index >= 15 is 0 Å². The van der Waals surface area contributed by atoms with Gasteiger partial charge in [0.15, 0.2) is 0 Å². The zero-order valence-corrected chi connectivity index (χ0v) is 14.4. The Morgan fingerprint density at radius 1 is 1.12 bits per heavy atom. The van der Waals surface area contributed by atoms with E-state index in [9.17, 15) is 22.7 Å². The van der Waals surface area contributed by atoms with Gasteiger partial charge in [0.2, 0.25) is 15.9 Å². The lowest BCUT2D eigenvalue weighted by Crippen LogP contribution is -2.26. The third-order valence-electron chi connectivity index (χ3n) is 3.45. The molecule has 1 amide bonds. The molecular formula is C17H19FN2O4S. The first-order chi connectivity index (χ1) is 11.8. The number of nitrogens with one attached hydrogen (secondary N) is 2. The Labute approximate surface area is 145 Å². The Morgan fingerprint density at radius 2 is 1.72 bits per heavy atom. The minimum absolute atomic E-state index is 0.0221. The molecule has 0 bridgehead atoms. The molecular weight excluding hydrogens is 347 g/mol. The smallest absolute Gasteiger partial charge is 0.240 e. The van der Waals surface area contributed by atoms with Crippen molar-refractivity contribution in [1.82, 2.24) is 4.72 Å². The average Bonchev–Trinajstić information content (AvgIpc) is 2.55. The first-order valence-electron chi connectivity index (χ1n) is 7.59. The van der Waals surface area contributed by atoms with Crippen molar-refractivity contribution >= 4 is 21.6 Å². The number of carbonyl (C=O) groups is 1. The SMILES string of the molecule is CC(=O)Nc1ccc(S(=O)(=O)NCCC(O)c2ccc(F)cc2)cc1. The summed E-state index contributed by atoms with van der Waals surface area (Å²) in [6.07, 6.45) is -0.750. The maximum atomic E-state index is 12.8. The van der Waals surface area contributed by atoms with Crippen LogP contribution in [-0.2, 0) is 14.8 Å². The summed E-state index contributed by atoms with van der Waals surface area (Å²) in [5.74, 6) is -0.650. The van der Waals surface area contributed by atoms with Crippen molar-refractivity contribution < 1.29 is 22.7 Å². The zero-order chi connectivity index (χ0) is 18.4. The number of aliphatic hydroxyl groups excluding tert-OH is 1. The number of hydrogen-bond donors (Lipinski definition) is 3. The Balaban J connectivity index is 1.92. The molecule has 0 fully saturated rings. The van der Waals surface area contributed by atoms with Crippen LogP contribution in [0.4, 0.5) is 10.1 Å². The van der Waals surface area contributed by atoms with E-state index in [0.717, 1.165) is 0 Å². The standard InChI is InChI=1S/C17H19FN2O4S/c1-12(21)20-15-6-8-16(9-7-15)25(23,24)19-11-10-17(22)13-2-4-14(18)5-3-13/h2-9,17,19,22H,10-11H2,1H3,(H,20,21). The molecule has 0 saturated carbocycles. The van der Waals surface area contributed by atoms with E-state index < -0.39 is 21.9 Å². The number of carbonyl (C=O) groups excluding carboxylic acids is 1. The molecule has 3 N–H and O–H groups in total. The summed E-state index contributed by atoms with van der Waals surface area (Å²) in [5, 5.41) is 12.6. The van der Waals surface area contributed by atoms with Crippen LogP contribution in [0.3, 0.4) is 0 Å². The number of halogens is 1. The van der Waals surface area contributed by atoms with Crippen molar-refractivity contribution in [2.75, 3.05) is 11.9 Å². The fourth-order valence-electron chi connectivity index (χ4n) is 2.19. The fourth-order valence-corrected chi connectivity index (χ4v) is 3.23. The predicted molar refractivity (Wildman–Crippen MR) is 91.9 cm³/mol. The van der Waals surface area contributed by atoms with Crippen molar-refractivity contribution in [3.05, 3.63) is 59.9 Å². The number of sulfonamides is 1. The summed E-state index contributed by atoms with van der Waals surface area (Å²) >= 11 is 0. The summed E-state index contributed by atoms with van der Waals surface area (Å²) < 4.78 is 39.6. The number of hydrogen-bond acceptors (Lipinski definition) is 4. The minimum atomic E-state index is -3.72. The summed E-state index contributed by atoms with van der Waals surface area (Å²) in [7, 11) is -3.72. The van der Waals surface area contributed by atoms with Gasteiger partial charge in [-0.1, -0.05) is 12.1 Å². The van der Waals surface area contributed by atoms with Crippen molar-refractivity contribution in [3.8, 4) is 0 Å². The summed E-state index contributed by atoms with van der Waals surface area (Å²) in [6.45, 7) is 1.38. The molecule has 25 heavy (non-hydrogen) atoms. The van der Waals surface area contributed by atoms with Crippen molar-refractivity contribution in [3.63, 3.8) is 0 Å². The second-order valence-electron chi connectivity index (χ2n) is 5.46. The fraction of sp³-hybridized carbons (Fsp3) is 0.235. The van der Waals surface area contributed by atoms with Gasteiger partial charge in [0.1, 0.15) is 5.82 Å². The summed E-state index contributed by atoms with van der Waals surface area (Å²) in [4.78, 5) is 11.0. The molecule has 0 heterocycles. The molecule has 0 spiro atoms. The van der Waals surface area contributed by atoms with Crippen molar-refractivity contribution in [2.24, 2.45) is 0 Å². The van der Waals surface area contributed by atoms with Gasteiger partial charge in [0, 0.05) is 19.2 Å². The van der Waals surface area contributed by atoms with Crippen LogP contribution in [-0.4, -0.2) is 26.0 Å². The number of rotatable bonds is 7. The molecule has 1 atom stereocenters. The molecule has 2 aromatic rings. The van der Waals surface area contributed by atoms with Crippen LogP contribution in [0.15, 0.2) is 53.4 Å². The van der Waals surface area contributed by atoms with Gasteiger partial charge in [0.05, 0.1) is 11.0 Å². The largest absolute Gasteiger partial charge is 0.388 e. The lowest BCUT2D eigenvalue weighted by atomic mass is 10.1. The predicted octanol–water partition coefficient (Wildman–Crippen LogP) is 2.19. The lowest BCUT2D eigenvalue weighted by molar-refractivity contribution is -0.114. The van der Waals surface area contributed by atoms with Crippen molar-refractivity contribution in [1.29, 1.82) is 0 Å². The Morgan fingerprint density at radius 3 is 2.28 bits per heavy atom. The van der Waals surface area contributed by atoms with Gasteiger partial charge in [-0.15, -0.1) is 0 Å². The second kappa shape index (κ2) is 8.19. The van der Waals surface area contributed by atoms with E-state index in [1.807, 2.05) is 0 Å². The van der Waals surface area contributed by atoms with Gasteiger partial charge >= 0.3 is 0 Å². The van der Waals surface area contributed by atoms with Crippen molar-refractivity contribution in [2.45, 2.75) is 24.3 Å². The van der Waals surface area contributed by atoms with Crippen LogP contribution < -0.4 is 10.0 Å². The Bertz CT molecular complexity index is 821. The average molecular weight is 366 g/mol. The number of amides is 1. The van der Waals surface area contributed by atoms with E-state index in [2.05, 4.69) is 10.0 Å². The molecule has 8 heteroatoms. The van der Waals surface area contributed by atoms with E-state index in [-0.39, 0.29) is 23.8 Å². The molecule has 2 aromatic carbocycles. The van der Waals surface area contributed by atoms with Gasteiger partial charge in [-0.05, 0) is 48.4 Å². The van der Waals surface area contributed by atoms with E-state index in [1.54, 1.807) is 0 Å². The molecule has 0 aromatic heterocycles. The molecule has 134 valence electrons. The number of anilines is 1. The van der Waals surface area contributed by atoms with Crippen LogP contribution in [0.1, 0.15) is 25.0 Å². The lowest BCUT2D eigenvalue weighted by Gasteiger charge is -2.12. The maximum Gasteiger partial charge on any atom is 0.240 e. The van der Waals surface area contributed by atoms with E-state index in [0.29, 0.717) is 11.3 Å². The minimum Gasteiger partial charge on any atom is -0.388 e. The van der Waals surface area contributed by atoms with Gasteiger partial charge < -0.3 is 10.4 Å². The van der Waals surface area contributed by atoms with Crippen LogP contribution in [0.5, 0.6) is 0 Å². The first-order valence-corrected chi connectivity index (χ1v) is 9.07. The molecule has 0 aliphatic rings. The van der Waals surface area contributed by atoms with Gasteiger partial charge in [-0.2, -0.15) is 0 Å². The maximum absolute atomic E-state index is 12.8. The molecule has 0 saturated heterocycles. The third kappa shape index (κ3) is 5.63. The Kier molecular flexibility index (Phi) is 6.24.